The van der Waals surface area contributed by atoms with Crippen LogP contribution in [0.4, 0.5) is 4.39 Å². The van der Waals surface area contributed by atoms with Crippen molar-refractivity contribution in [3.63, 3.8) is 0 Å². The molecule has 0 radical (unpaired) electrons. The lowest BCUT2D eigenvalue weighted by molar-refractivity contribution is 0.0526. The van der Waals surface area contributed by atoms with Crippen LogP contribution in [0.3, 0.4) is 0 Å². The minimum absolute atomic E-state index is 0.277. The van der Waals surface area contributed by atoms with E-state index in [1.54, 1.807) is 6.92 Å². The van der Waals surface area contributed by atoms with Gasteiger partial charge in [-0.25, -0.2) is 13.9 Å². The molecular formula is C14H15FN2O3. The lowest BCUT2D eigenvalue weighted by Crippen LogP contribution is -2.05. The van der Waals surface area contributed by atoms with Crippen molar-refractivity contribution in [1.29, 1.82) is 0 Å². The van der Waals surface area contributed by atoms with Gasteiger partial charge >= 0.3 is 5.97 Å². The summed E-state index contributed by atoms with van der Waals surface area (Å²) >= 11 is 0. The van der Waals surface area contributed by atoms with Crippen LogP contribution in [-0.4, -0.2) is 27.5 Å². The first kappa shape index (κ1) is 14.2. The maximum Gasteiger partial charge on any atom is 0.341 e. The number of aromatic nitrogens is 2. The highest BCUT2D eigenvalue weighted by Gasteiger charge is 2.14. The number of rotatable bonds is 4. The number of aliphatic hydroxyl groups excluding tert-OH is 1. The molecule has 0 amide bonds. The largest absolute Gasteiger partial charge is 0.462 e. The molecule has 0 spiro atoms. The first-order chi connectivity index (χ1) is 9.52. The summed E-state index contributed by atoms with van der Waals surface area (Å²) in [5.41, 5.74) is 1.20. The molecule has 1 aromatic carbocycles. The van der Waals surface area contributed by atoms with Gasteiger partial charge in [0.2, 0.25) is 0 Å². The number of hydrogen-bond acceptors (Lipinski definition) is 4. The molecule has 5 nitrogen and oxygen atoms in total. The van der Waals surface area contributed by atoms with Crippen molar-refractivity contribution in [1.82, 2.24) is 9.78 Å². The number of aliphatic hydroxyl groups is 1. The van der Waals surface area contributed by atoms with Crippen LogP contribution in [0.25, 0.3) is 5.69 Å². The Morgan fingerprint density at radius 3 is 2.95 bits per heavy atom. The Hall–Kier alpha value is -2.21. The van der Waals surface area contributed by atoms with E-state index in [0.29, 0.717) is 16.8 Å². The van der Waals surface area contributed by atoms with Gasteiger partial charge in [0, 0.05) is 11.8 Å². The minimum atomic E-state index is -0.851. The number of carbonyl (C=O) groups excluding carboxylic acids is 1. The number of nitrogens with zero attached hydrogens (tertiary/aromatic N) is 2. The predicted octanol–water partition coefficient (Wildman–Crippen LogP) is 2.24. The molecular weight excluding hydrogens is 263 g/mol. The molecule has 0 aliphatic heterocycles. The fourth-order valence-corrected chi connectivity index (χ4v) is 1.84. The van der Waals surface area contributed by atoms with Gasteiger partial charge < -0.3 is 9.84 Å². The van der Waals surface area contributed by atoms with Gasteiger partial charge in [0.25, 0.3) is 0 Å². The van der Waals surface area contributed by atoms with Crippen LogP contribution < -0.4 is 0 Å². The summed E-state index contributed by atoms with van der Waals surface area (Å²) in [6.07, 6.45) is 2.00. The smallest absolute Gasteiger partial charge is 0.341 e. The molecule has 1 N–H and O–H groups in total. The molecule has 1 heterocycles. The van der Waals surface area contributed by atoms with Crippen LogP contribution in [0.2, 0.25) is 0 Å². The minimum Gasteiger partial charge on any atom is -0.462 e. The van der Waals surface area contributed by atoms with Gasteiger partial charge in [-0.3, -0.25) is 0 Å². The van der Waals surface area contributed by atoms with Crippen molar-refractivity contribution >= 4 is 5.97 Å². The zero-order valence-electron chi connectivity index (χ0n) is 11.2. The van der Waals surface area contributed by atoms with Gasteiger partial charge in [-0.1, -0.05) is 0 Å². The van der Waals surface area contributed by atoms with Crippen LogP contribution in [0.1, 0.15) is 35.9 Å². The van der Waals surface area contributed by atoms with Gasteiger partial charge in [-0.15, -0.1) is 0 Å². The van der Waals surface area contributed by atoms with Gasteiger partial charge in [0.1, 0.15) is 5.82 Å². The SMILES string of the molecule is CCOC(=O)c1cnn(-c2ccc(F)cc2C(C)O)c1. The van der Waals surface area contributed by atoms with Crippen LogP contribution in [-0.2, 0) is 4.74 Å². The maximum absolute atomic E-state index is 13.2. The second kappa shape index (κ2) is 5.83. The van der Waals surface area contributed by atoms with Crippen LogP contribution in [0, 0.1) is 5.82 Å². The first-order valence-corrected chi connectivity index (χ1v) is 6.22. The van der Waals surface area contributed by atoms with E-state index in [1.807, 2.05) is 0 Å². The molecule has 2 aromatic rings. The van der Waals surface area contributed by atoms with E-state index < -0.39 is 17.9 Å². The van der Waals surface area contributed by atoms with Gasteiger partial charge in [-0.05, 0) is 32.0 Å². The quantitative estimate of drug-likeness (QED) is 0.871. The van der Waals surface area contributed by atoms with Crippen molar-refractivity contribution in [2.75, 3.05) is 6.61 Å². The fraction of sp³-hybridized carbons (Fsp3) is 0.286. The van der Waals surface area contributed by atoms with E-state index in [2.05, 4.69) is 5.10 Å². The molecule has 1 atom stereocenters. The highest BCUT2D eigenvalue weighted by Crippen LogP contribution is 2.22. The summed E-state index contributed by atoms with van der Waals surface area (Å²) in [5.74, 6) is -0.915. The van der Waals surface area contributed by atoms with E-state index in [4.69, 9.17) is 4.74 Å². The number of esters is 1. The Morgan fingerprint density at radius 2 is 2.30 bits per heavy atom. The van der Waals surface area contributed by atoms with Crippen LogP contribution in [0.5, 0.6) is 0 Å². The summed E-state index contributed by atoms with van der Waals surface area (Å²) in [5, 5.41) is 13.7. The standard InChI is InChI=1S/C14H15FN2O3/c1-3-20-14(19)10-7-16-17(8-10)13-5-4-11(15)6-12(13)9(2)18/h4-9,18H,3H2,1-2H3. The molecule has 6 heteroatoms. The molecule has 0 aliphatic carbocycles. The fourth-order valence-electron chi connectivity index (χ4n) is 1.84. The average molecular weight is 278 g/mol. The van der Waals surface area contributed by atoms with Crippen molar-refractivity contribution in [3.05, 3.63) is 47.5 Å². The highest BCUT2D eigenvalue weighted by molar-refractivity contribution is 5.88. The molecule has 1 unspecified atom stereocenters. The first-order valence-electron chi connectivity index (χ1n) is 6.22. The lowest BCUT2D eigenvalue weighted by atomic mass is 10.1. The lowest BCUT2D eigenvalue weighted by Gasteiger charge is -2.11. The van der Waals surface area contributed by atoms with E-state index in [-0.39, 0.29) is 6.61 Å². The van der Waals surface area contributed by atoms with Crippen LogP contribution in [0.15, 0.2) is 30.6 Å². The van der Waals surface area contributed by atoms with Crippen molar-refractivity contribution < 1.29 is 19.0 Å². The summed E-state index contributed by atoms with van der Waals surface area (Å²) in [6, 6.07) is 4.01. The summed E-state index contributed by atoms with van der Waals surface area (Å²) in [7, 11) is 0. The number of benzene rings is 1. The molecule has 0 saturated heterocycles. The average Bonchev–Trinajstić information content (AvgIpc) is 2.88. The normalized spacial score (nSPS) is 12.2. The predicted molar refractivity (Wildman–Crippen MR) is 70.1 cm³/mol. The number of hydrogen-bond donors (Lipinski definition) is 1. The van der Waals surface area contributed by atoms with E-state index in [1.165, 1.54) is 42.2 Å². The Balaban J connectivity index is 2.40. The summed E-state index contributed by atoms with van der Waals surface area (Å²) < 4.78 is 19.5. The molecule has 106 valence electrons. The monoisotopic (exact) mass is 278 g/mol. The molecule has 0 saturated carbocycles. The third-order valence-corrected chi connectivity index (χ3v) is 2.78. The van der Waals surface area contributed by atoms with Gasteiger partial charge in [0.05, 0.1) is 30.2 Å². The van der Waals surface area contributed by atoms with Crippen molar-refractivity contribution in [2.45, 2.75) is 20.0 Å². The highest BCUT2D eigenvalue weighted by atomic mass is 19.1. The summed E-state index contributed by atoms with van der Waals surface area (Å²) in [6.45, 7) is 3.53. The topological polar surface area (TPSA) is 64.3 Å². The molecule has 0 bridgehead atoms. The van der Waals surface area contributed by atoms with Gasteiger partial charge in [0.15, 0.2) is 0 Å². The Labute approximate surface area is 115 Å². The Kier molecular flexibility index (Phi) is 4.14. The van der Waals surface area contributed by atoms with Crippen LogP contribution >= 0.6 is 0 Å². The number of ether oxygens (including phenoxy) is 1. The molecule has 2 rings (SSSR count). The van der Waals surface area contributed by atoms with Gasteiger partial charge in [-0.2, -0.15) is 5.10 Å². The third-order valence-electron chi connectivity index (χ3n) is 2.78. The number of carbonyl (C=O) groups is 1. The molecule has 0 aliphatic rings. The summed E-state index contributed by atoms with van der Waals surface area (Å²) in [4.78, 5) is 11.6. The molecule has 1 aromatic heterocycles. The van der Waals surface area contributed by atoms with E-state index in [0.717, 1.165) is 0 Å². The van der Waals surface area contributed by atoms with Crippen molar-refractivity contribution in [2.24, 2.45) is 0 Å². The zero-order valence-corrected chi connectivity index (χ0v) is 11.2. The van der Waals surface area contributed by atoms with E-state index >= 15 is 0 Å². The number of halogens is 1. The Morgan fingerprint density at radius 1 is 1.55 bits per heavy atom. The van der Waals surface area contributed by atoms with Crippen molar-refractivity contribution in [3.8, 4) is 5.69 Å². The molecule has 20 heavy (non-hydrogen) atoms. The molecule has 0 fully saturated rings. The third kappa shape index (κ3) is 2.85. The second-order valence-corrected chi connectivity index (χ2v) is 4.27. The maximum atomic E-state index is 13.2. The van der Waals surface area contributed by atoms with E-state index in [9.17, 15) is 14.3 Å². The zero-order chi connectivity index (χ0) is 14.7. The second-order valence-electron chi connectivity index (χ2n) is 4.27. The Bertz CT molecular complexity index is 623.